The molecule has 1 aromatic carbocycles. The summed E-state index contributed by atoms with van der Waals surface area (Å²) in [5.41, 5.74) is -0.131. The van der Waals surface area contributed by atoms with Crippen molar-refractivity contribution in [1.82, 2.24) is 0 Å². The van der Waals surface area contributed by atoms with Crippen LogP contribution in [0, 0.1) is 0 Å². The van der Waals surface area contributed by atoms with Crippen LogP contribution in [0.25, 0.3) is 0 Å². The van der Waals surface area contributed by atoms with E-state index in [9.17, 15) is 10.2 Å². The number of rotatable bonds is 1. The molecular formula is C12H16O2. The standard InChI is InChI=1S/C12H16O2/c1-11(2,13)12(14)8-7-9-5-3-4-6-10(9)12/h3-6,13-14H,7-8H2,1-2H3/t12-/m1/s1. The fourth-order valence-electron chi connectivity index (χ4n) is 2.23. The van der Waals surface area contributed by atoms with E-state index in [0.717, 1.165) is 17.5 Å². The predicted octanol–water partition coefficient (Wildman–Crippen LogP) is 1.59. The number of aryl methyl sites for hydroxylation is 1. The maximum absolute atomic E-state index is 10.4. The average molecular weight is 192 g/mol. The highest BCUT2D eigenvalue weighted by atomic mass is 16.4. The molecule has 2 rings (SSSR count). The van der Waals surface area contributed by atoms with Crippen LogP contribution in [-0.4, -0.2) is 15.8 Å². The Bertz CT molecular complexity index is 352. The summed E-state index contributed by atoms with van der Waals surface area (Å²) in [5.74, 6) is 0. The molecule has 2 N–H and O–H groups in total. The zero-order valence-electron chi connectivity index (χ0n) is 8.62. The zero-order valence-corrected chi connectivity index (χ0v) is 8.62. The van der Waals surface area contributed by atoms with E-state index >= 15 is 0 Å². The minimum atomic E-state index is -1.08. The zero-order chi connectivity index (χ0) is 10.4. The van der Waals surface area contributed by atoms with Gasteiger partial charge in [-0.3, -0.25) is 0 Å². The number of hydrogen-bond donors (Lipinski definition) is 2. The molecule has 2 heteroatoms. The molecule has 0 bridgehead atoms. The summed E-state index contributed by atoms with van der Waals surface area (Å²) in [4.78, 5) is 0. The second-order valence-electron chi connectivity index (χ2n) is 4.58. The number of hydrogen-bond acceptors (Lipinski definition) is 2. The van der Waals surface area contributed by atoms with Gasteiger partial charge in [-0.15, -0.1) is 0 Å². The lowest BCUT2D eigenvalue weighted by molar-refractivity contribution is -0.135. The molecule has 1 aliphatic carbocycles. The van der Waals surface area contributed by atoms with E-state index in [-0.39, 0.29) is 0 Å². The van der Waals surface area contributed by atoms with Crippen molar-refractivity contribution in [2.24, 2.45) is 0 Å². The van der Waals surface area contributed by atoms with Crippen molar-refractivity contribution in [2.75, 3.05) is 0 Å². The Morgan fingerprint density at radius 2 is 1.93 bits per heavy atom. The molecule has 0 heterocycles. The molecular weight excluding hydrogens is 176 g/mol. The molecule has 1 aromatic rings. The van der Waals surface area contributed by atoms with Crippen molar-refractivity contribution in [3.05, 3.63) is 35.4 Å². The molecule has 0 aromatic heterocycles. The van der Waals surface area contributed by atoms with Crippen molar-refractivity contribution in [3.63, 3.8) is 0 Å². The lowest BCUT2D eigenvalue weighted by Gasteiger charge is -2.36. The van der Waals surface area contributed by atoms with Crippen molar-refractivity contribution >= 4 is 0 Å². The third-order valence-corrected chi connectivity index (χ3v) is 3.23. The first-order valence-corrected chi connectivity index (χ1v) is 4.98. The Kier molecular flexibility index (Phi) is 1.95. The van der Waals surface area contributed by atoms with E-state index in [2.05, 4.69) is 0 Å². The van der Waals surface area contributed by atoms with Crippen LogP contribution >= 0.6 is 0 Å². The van der Waals surface area contributed by atoms with Crippen molar-refractivity contribution in [2.45, 2.75) is 37.9 Å². The highest BCUT2D eigenvalue weighted by Crippen LogP contribution is 2.43. The van der Waals surface area contributed by atoms with Gasteiger partial charge in [0.2, 0.25) is 0 Å². The van der Waals surface area contributed by atoms with Crippen LogP contribution < -0.4 is 0 Å². The topological polar surface area (TPSA) is 40.5 Å². The first kappa shape index (κ1) is 9.69. The van der Waals surface area contributed by atoms with Gasteiger partial charge in [-0.05, 0) is 37.8 Å². The molecule has 0 radical (unpaired) electrons. The maximum atomic E-state index is 10.4. The molecule has 0 fully saturated rings. The summed E-state index contributed by atoms with van der Waals surface area (Å²) in [6.07, 6.45) is 1.45. The van der Waals surface area contributed by atoms with Gasteiger partial charge in [0.15, 0.2) is 0 Å². The summed E-state index contributed by atoms with van der Waals surface area (Å²) in [6.45, 7) is 3.32. The summed E-state index contributed by atoms with van der Waals surface area (Å²) < 4.78 is 0. The molecule has 0 saturated carbocycles. The van der Waals surface area contributed by atoms with Crippen LogP contribution in [0.4, 0.5) is 0 Å². The lowest BCUT2D eigenvalue weighted by Crippen LogP contribution is -2.45. The summed E-state index contributed by atoms with van der Waals surface area (Å²) in [6, 6.07) is 7.79. The first-order valence-electron chi connectivity index (χ1n) is 4.98. The van der Waals surface area contributed by atoms with E-state index in [1.165, 1.54) is 0 Å². The van der Waals surface area contributed by atoms with E-state index in [4.69, 9.17) is 0 Å². The third-order valence-electron chi connectivity index (χ3n) is 3.23. The van der Waals surface area contributed by atoms with Gasteiger partial charge in [0.1, 0.15) is 5.60 Å². The van der Waals surface area contributed by atoms with Crippen LogP contribution in [-0.2, 0) is 12.0 Å². The monoisotopic (exact) mass is 192 g/mol. The van der Waals surface area contributed by atoms with Crippen LogP contribution in [0.15, 0.2) is 24.3 Å². The van der Waals surface area contributed by atoms with E-state index in [1.807, 2.05) is 24.3 Å². The average Bonchev–Trinajstić information content (AvgIpc) is 2.45. The Morgan fingerprint density at radius 1 is 1.29 bits per heavy atom. The molecule has 14 heavy (non-hydrogen) atoms. The first-order chi connectivity index (χ1) is 6.45. The van der Waals surface area contributed by atoms with Gasteiger partial charge >= 0.3 is 0 Å². The quantitative estimate of drug-likeness (QED) is 0.709. The molecule has 1 aliphatic rings. The van der Waals surface area contributed by atoms with Gasteiger partial charge in [0.25, 0.3) is 0 Å². The minimum Gasteiger partial charge on any atom is -0.387 e. The van der Waals surface area contributed by atoms with Gasteiger partial charge in [0.05, 0.1) is 5.60 Å². The fourth-order valence-corrected chi connectivity index (χ4v) is 2.23. The Hall–Kier alpha value is -0.860. The van der Waals surface area contributed by atoms with E-state index in [1.54, 1.807) is 13.8 Å². The van der Waals surface area contributed by atoms with Gasteiger partial charge in [-0.1, -0.05) is 24.3 Å². The van der Waals surface area contributed by atoms with Crippen LogP contribution in [0.2, 0.25) is 0 Å². The van der Waals surface area contributed by atoms with Gasteiger partial charge < -0.3 is 10.2 Å². The fraction of sp³-hybridized carbons (Fsp3) is 0.500. The van der Waals surface area contributed by atoms with Crippen molar-refractivity contribution < 1.29 is 10.2 Å². The molecule has 0 amide bonds. The molecule has 0 unspecified atom stereocenters. The molecule has 0 spiro atoms. The second kappa shape index (κ2) is 2.81. The summed E-state index contributed by atoms with van der Waals surface area (Å²) in [7, 11) is 0. The smallest absolute Gasteiger partial charge is 0.118 e. The molecule has 0 aliphatic heterocycles. The second-order valence-corrected chi connectivity index (χ2v) is 4.58. The number of fused-ring (bicyclic) bond motifs is 1. The van der Waals surface area contributed by atoms with E-state index in [0.29, 0.717) is 6.42 Å². The third kappa shape index (κ3) is 1.18. The minimum absolute atomic E-state index is 0.607. The van der Waals surface area contributed by atoms with Gasteiger partial charge in [0, 0.05) is 0 Å². The normalized spacial score (nSPS) is 26.3. The van der Waals surface area contributed by atoms with Crippen molar-refractivity contribution in [1.29, 1.82) is 0 Å². The SMILES string of the molecule is CC(C)(O)[C@@]1(O)CCc2ccccc21. The number of benzene rings is 1. The molecule has 2 nitrogen and oxygen atoms in total. The summed E-state index contributed by atoms with van der Waals surface area (Å²) >= 11 is 0. The Balaban J connectivity index is 2.53. The molecule has 1 atom stereocenters. The van der Waals surface area contributed by atoms with Crippen LogP contribution in [0.1, 0.15) is 31.4 Å². The van der Waals surface area contributed by atoms with Crippen LogP contribution in [0.5, 0.6) is 0 Å². The largest absolute Gasteiger partial charge is 0.387 e. The number of aliphatic hydroxyl groups is 2. The summed E-state index contributed by atoms with van der Waals surface area (Å²) in [5, 5.41) is 20.4. The Morgan fingerprint density at radius 3 is 2.57 bits per heavy atom. The predicted molar refractivity (Wildman–Crippen MR) is 55.0 cm³/mol. The molecule has 0 saturated heterocycles. The van der Waals surface area contributed by atoms with Gasteiger partial charge in [-0.2, -0.15) is 0 Å². The van der Waals surface area contributed by atoms with Crippen LogP contribution in [0.3, 0.4) is 0 Å². The maximum Gasteiger partial charge on any atom is 0.118 e. The van der Waals surface area contributed by atoms with Crippen molar-refractivity contribution in [3.8, 4) is 0 Å². The van der Waals surface area contributed by atoms with E-state index < -0.39 is 11.2 Å². The lowest BCUT2D eigenvalue weighted by atomic mass is 9.81. The van der Waals surface area contributed by atoms with Gasteiger partial charge in [-0.25, -0.2) is 0 Å². The Labute approximate surface area is 84.2 Å². The molecule has 76 valence electrons. The highest BCUT2D eigenvalue weighted by molar-refractivity contribution is 5.39. The highest BCUT2D eigenvalue weighted by Gasteiger charge is 2.47.